The Morgan fingerprint density at radius 3 is 2.72 bits per heavy atom. The van der Waals surface area contributed by atoms with Crippen molar-refractivity contribution in [3.63, 3.8) is 0 Å². The van der Waals surface area contributed by atoms with Crippen molar-refractivity contribution in [3.8, 4) is 5.69 Å². The second kappa shape index (κ2) is 8.92. The van der Waals surface area contributed by atoms with Gasteiger partial charge in [-0.05, 0) is 41.5 Å². The molecule has 134 valence electrons. The Labute approximate surface area is 152 Å². The zero-order chi connectivity index (χ0) is 17.5. The third kappa shape index (κ3) is 4.99. The van der Waals surface area contributed by atoms with Gasteiger partial charge in [0.25, 0.3) is 5.91 Å². The highest BCUT2D eigenvalue weighted by atomic mass is 35.5. The predicted octanol–water partition coefficient (Wildman–Crippen LogP) is 2.36. The van der Waals surface area contributed by atoms with E-state index in [-0.39, 0.29) is 5.91 Å². The van der Waals surface area contributed by atoms with Crippen molar-refractivity contribution in [2.75, 3.05) is 13.1 Å². The Balaban J connectivity index is 1.55. The number of amides is 1. The zero-order valence-electron chi connectivity index (χ0n) is 14.1. The van der Waals surface area contributed by atoms with Gasteiger partial charge in [0.05, 0.1) is 11.3 Å². The molecule has 1 amide bonds. The van der Waals surface area contributed by atoms with Crippen LogP contribution in [0.15, 0.2) is 24.5 Å². The highest BCUT2D eigenvalue weighted by molar-refractivity contribution is 6.31. The minimum Gasteiger partial charge on any atom is -0.351 e. The molecule has 1 aliphatic rings. The molecule has 0 aliphatic heterocycles. The molecule has 8 heteroatoms. The molecule has 2 aromatic rings. The fourth-order valence-electron chi connectivity index (χ4n) is 3.19. The summed E-state index contributed by atoms with van der Waals surface area (Å²) in [6, 6.07) is 5.65. The van der Waals surface area contributed by atoms with Crippen LogP contribution in [-0.4, -0.2) is 45.2 Å². The lowest BCUT2D eigenvalue weighted by molar-refractivity contribution is 0.0953. The summed E-state index contributed by atoms with van der Waals surface area (Å²) >= 11 is 6.05. The molecule has 1 saturated carbocycles. The van der Waals surface area contributed by atoms with Gasteiger partial charge < -0.3 is 10.6 Å². The van der Waals surface area contributed by atoms with E-state index in [2.05, 4.69) is 26.2 Å². The Morgan fingerprint density at radius 1 is 1.20 bits per heavy atom. The van der Waals surface area contributed by atoms with E-state index in [0.29, 0.717) is 28.9 Å². The third-order valence-electron chi connectivity index (χ3n) is 4.50. The first-order chi connectivity index (χ1) is 12.2. The van der Waals surface area contributed by atoms with Crippen LogP contribution >= 0.6 is 11.6 Å². The number of nitrogens with one attached hydrogen (secondary N) is 2. The van der Waals surface area contributed by atoms with Gasteiger partial charge in [-0.25, -0.2) is 0 Å². The molecule has 0 saturated heterocycles. The van der Waals surface area contributed by atoms with Gasteiger partial charge in [0, 0.05) is 24.2 Å². The summed E-state index contributed by atoms with van der Waals surface area (Å²) in [6.45, 7) is 1.33. The molecule has 7 nitrogen and oxygen atoms in total. The Bertz CT molecular complexity index is 682. The summed E-state index contributed by atoms with van der Waals surface area (Å²) < 4.78 is 1.45. The van der Waals surface area contributed by atoms with Crippen LogP contribution in [-0.2, 0) is 0 Å². The molecule has 1 aromatic carbocycles. The summed E-state index contributed by atoms with van der Waals surface area (Å²) in [4.78, 5) is 12.5. The van der Waals surface area contributed by atoms with E-state index in [9.17, 15) is 4.79 Å². The average molecular weight is 363 g/mol. The van der Waals surface area contributed by atoms with Gasteiger partial charge in [-0.2, -0.15) is 4.68 Å². The van der Waals surface area contributed by atoms with Crippen LogP contribution < -0.4 is 10.6 Å². The number of carbonyl (C=O) groups is 1. The maximum atomic E-state index is 12.5. The number of benzene rings is 1. The number of hydrogen-bond acceptors (Lipinski definition) is 5. The van der Waals surface area contributed by atoms with Gasteiger partial charge in [-0.3, -0.25) is 4.79 Å². The molecule has 0 spiro atoms. The molecule has 0 radical (unpaired) electrons. The number of hydrogen-bond donors (Lipinski definition) is 2. The predicted molar refractivity (Wildman–Crippen MR) is 96.0 cm³/mol. The standard InChI is InChI=1S/C17H23ClN6O/c18-13-7-8-16(24-12-21-22-23-24)15(11-13)17(25)20-10-9-19-14-5-3-1-2-4-6-14/h7-8,11-12,14,19H,1-6,9-10H2,(H,20,25). The smallest absolute Gasteiger partial charge is 0.253 e. The number of rotatable bonds is 6. The van der Waals surface area contributed by atoms with Crippen molar-refractivity contribution in [1.82, 2.24) is 30.8 Å². The molecule has 0 bridgehead atoms. The number of carbonyl (C=O) groups excluding carboxylic acids is 1. The first kappa shape index (κ1) is 17.8. The van der Waals surface area contributed by atoms with Gasteiger partial charge >= 0.3 is 0 Å². The second-order valence-corrected chi connectivity index (χ2v) is 6.75. The van der Waals surface area contributed by atoms with E-state index in [1.807, 2.05) is 0 Å². The summed E-state index contributed by atoms with van der Waals surface area (Å²) in [5, 5.41) is 18.1. The van der Waals surface area contributed by atoms with Crippen molar-refractivity contribution >= 4 is 17.5 Å². The first-order valence-corrected chi connectivity index (χ1v) is 9.16. The molecule has 1 aromatic heterocycles. The fraction of sp³-hybridized carbons (Fsp3) is 0.529. The first-order valence-electron chi connectivity index (χ1n) is 8.78. The molecule has 25 heavy (non-hydrogen) atoms. The van der Waals surface area contributed by atoms with Crippen molar-refractivity contribution in [1.29, 1.82) is 0 Å². The van der Waals surface area contributed by atoms with Crippen molar-refractivity contribution in [2.45, 2.75) is 44.6 Å². The van der Waals surface area contributed by atoms with E-state index in [4.69, 9.17) is 11.6 Å². The summed E-state index contributed by atoms with van der Waals surface area (Å²) in [6.07, 6.45) is 9.17. The van der Waals surface area contributed by atoms with E-state index in [0.717, 1.165) is 6.54 Å². The van der Waals surface area contributed by atoms with Crippen LogP contribution in [0.1, 0.15) is 48.9 Å². The SMILES string of the molecule is O=C(NCCNC1CCCCCC1)c1cc(Cl)ccc1-n1cnnn1. The van der Waals surface area contributed by atoms with Crippen molar-refractivity contribution < 1.29 is 4.79 Å². The lowest BCUT2D eigenvalue weighted by Crippen LogP contribution is -2.37. The summed E-state index contributed by atoms with van der Waals surface area (Å²) in [5.41, 5.74) is 1.05. The number of tetrazole rings is 1. The summed E-state index contributed by atoms with van der Waals surface area (Å²) in [7, 11) is 0. The van der Waals surface area contributed by atoms with Crippen LogP contribution in [0.4, 0.5) is 0 Å². The molecule has 0 atom stereocenters. The number of halogens is 1. The molecule has 1 fully saturated rings. The number of aromatic nitrogens is 4. The van der Waals surface area contributed by atoms with E-state index >= 15 is 0 Å². The highest BCUT2D eigenvalue weighted by Gasteiger charge is 2.15. The van der Waals surface area contributed by atoms with Gasteiger partial charge in [0.15, 0.2) is 0 Å². The van der Waals surface area contributed by atoms with Gasteiger partial charge in [0.1, 0.15) is 6.33 Å². The van der Waals surface area contributed by atoms with E-state index in [1.54, 1.807) is 18.2 Å². The molecular formula is C17H23ClN6O. The molecule has 0 unspecified atom stereocenters. The maximum Gasteiger partial charge on any atom is 0.253 e. The maximum absolute atomic E-state index is 12.5. The minimum absolute atomic E-state index is 0.185. The molecule has 1 heterocycles. The van der Waals surface area contributed by atoms with Gasteiger partial charge in [0.2, 0.25) is 0 Å². The lowest BCUT2D eigenvalue weighted by atomic mass is 10.1. The minimum atomic E-state index is -0.185. The van der Waals surface area contributed by atoms with E-state index in [1.165, 1.54) is 49.5 Å². The topological polar surface area (TPSA) is 84.7 Å². The van der Waals surface area contributed by atoms with Crippen LogP contribution in [0.2, 0.25) is 5.02 Å². The quantitative estimate of drug-likeness (QED) is 0.608. The molecule has 2 N–H and O–H groups in total. The van der Waals surface area contributed by atoms with Gasteiger partial charge in [-0.15, -0.1) is 5.10 Å². The van der Waals surface area contributed by atoms with Gasteiger partial charge in [-0.1, -0.05) is 37.3 Å². The average Bonchev–Trinajstić information content (AvgIpc) is 3.02. The van der Waals surface area contributed by atoms with Crippen molar-refractivity contribution in [2.24, 2.45) is 0 Å². The monoisotopic (exact) mass is 362 g/mol. The van der Waals surface area contributed by atoms with Crippen molar-refractivity contribution in [3.05, 3.63) is 35.1 Å². The van der Waals surface area contributed by atoms with E-state index < -0.39 is 0 Å². The van der Waals surface area contributed by atoms with Crippen LogP contribution in [0.25, 0.3) is 5.69 Å². The van der Waals surface area contributed by atoms with Crippen LogP contribution in [0.5, 0.6) is 0 Å². The molecule has 1 aliphatic carbocycles. The normalized spacial score (nSPS) is 15.7. The Morgan fingerprint density at radius 2 is 2.00 bits per heavy atom. The highest BCUT2D eigenvalue weighted by Crippen LogP contribution is 2.19. The zero-order valence-corrected chi connectivity index (χ0v) is 14.9. The van der Waals surface area contributed by atoms with Crippen LogP contribution in [0.3, 0.4) is 0 Å². The number of nitrogens with zero attached hydrogens (tertiary/aromatic N) is 4. The lowest BCUT2D eigenvalue weighted by Gasteiger charge is -2.16. The molecular weight excluding hydrogens is 340 g/mol. The summed E-state index contributed by atoms with van der Waals surface area (Å²) in [5.74, 6) is -0.185. The largest absolute Gasteiger partial charge is 0.351 e. The second-order valence-electron chi connectivity index (χ2n) is 6.31. The van der Waals surface area contributed by atoms with Crippen LogP contribution in [0, 0.1) is 0 Å². The fourth-order valence-corrected chi connectivity index (χ4v) is 3.36. The Kier molecular flexibility index (Phi) is 6.36. The Hall–Kier alpha value is -1.99. The molecule has 3 rings (SSSR count). The third-order valence-corrected chi connectivity index (χ3v) is 4.73.